The number of carbonyl (C=O) groups is 3. The van der Waals surface area contributed by atoms with Gasteiger partial charge in [-0.05, 0) is 48.4 Å². The van der Waals surface area contributed by atoms with Gasteiger partial charge in [0, 0.05) is 19.2 Å². The maximum Gasteiger partial charge on any atom is 0.435 e. The van der Waals surface area contributed by atoms with Crippen molar-refractivity contribution < 1.29 is 45.4 Å². The number of anilines is 1. The Morgan fingerprint density at radius 3 is 2.22 bits per heavy atom. The van der Waals surface area contributed by atoms with Crippen LogP contribution in [-0.4, -0.2) is 63.8 Å². The molecule has 0 saturated carbocycles. The van der Waals surface area contributed by atoms with Crippen LogP contribution < -0.4 is 24.8 Å². The summed E-state index contributed by atoms with van der Waals surface area (Å²) in [6.07, 6.45) is -5.58. The van der Waals surface area contributed by atoms with Crippen molar-refractivity contribution in [1.29, 1.82) is 0 Å². The van der Waals surface area contributed by atoms with E-state index in [0.29, 0.717) is 17.1 Å². The summed E-state index contributed by atoms with van der Waals surface area (Å²) in [5.74, 6) is -1.54. The van der Waals surface area contributed by atoms with Gasteiger partial charge in [0.05, 0.1) is 19.1 Å². The number of nitrogens with one attached hydrogen (secondary N) is 3. The van der Waals surface area contributed by atoms with Crippen LogP contribution in [0.2, 0.25) is 0 Å². The van der Waals surface area contributed by atoms with Crippen molar-refractivity contribution >= 4 is 33.6 Å². The molecule has 1 aliphatic rings. The molecular weight excluding hydrogens is 521 g/mol. The third-order valence-corrected chi connectivity index (χ3v) is 6.84. The Kier molecular flexibility index (Phi) is 7.69. The van der Waals surface area contributed by atoms with Crippen LogP contribution in [0.15, 0.2) is 47.4 Å². The van der Waals surface area contributed by atoms with Crippen LogP contribution in [0.3, 0.4) is 0 Å². The molecule has 1 fully saturated rings. The van der Waals surface area contributed by atoms with Gasteiger partial charge in [-0.3, -0.25) is 14.5 Å². The smallest absolute Gasteiger partial charge is 0.435 e. The molecule has 2 aromatic carbocycles. The monoisotopic (exact) mass is 544 g/mol. The first-order chi connectivity index (χ1) is 17.2. The van der Waals surface area contributed by atoms with Gasteiger partial charge in [0.2, 0.25) is 15.9 Å². The zero-order valence-corrected chi connectivity index (χ0v) is 20.6. The predicted octanol–water partition coefficient (Wildman–Crippen LogP) is 1.99. The van der Waals surface area contributed by atoms with E-state index in [1.807, 2.05) is 0 Å². The molecular formula is C22H23F3N4O7S. The molecule has 0 spiro atoms. The zero-order valence-electron chi connectivity index (χ0n) is 19.8. The number of hydrogen-bond acceptors (Lipinski definition) is 7. The Hall–Kier alpha value is -3.85. The minimum Gasteiger partial charge on any atom is -0.493 e. The maximum atomic E-state index is 14.1. The van der Waals surface area contributed by atoms with Gasteiger partial charge in [0.1, 0.15) is 0 Å². The van der Waals surface area contributed by atoms with E-state index in [9.17, 15) is 36.0 Å². The number of sulfonamides is 1. The first-order valence-corrected chi connectivity index (χ1v) is 12.1. The number of halogens is 3. The van der Waals surface area contributed by atoms with E-state index in [1.165, 1.54) is 37.2 Å². The topological polar surface area (TPSA) is 143 Å². The van der Waals surface area contributed by atoms with Gasteiger partial charge in [0.15, 0.2) is 11.5 Å². The Bertz CT molecular complexity index is 1320. The summed E-state index contributed by atoms with van der Waals surface area (Å²) in [6, 6.07) is 7.41. The quantitative estimate of drug-likeness (QED) is 0.410. The third kappa shape index (κ3) is 5.61. The highest BCUT2D eigenvalue weighted by Crippen LogP contribution is 2.35. The van der Waals surface area contributed by atoms with Crippen LogP contribution >= 0.6 is 0 Å². The highest BCUT2D eigenvalue weighted by atomic mass is 32.2. The highest BCUT2D eigenvalue weighted by molar-refractivity contribution is 7.89. The SMILES string of the molecule is COc1ccc(CCN2C(=O)N[C@@](NS(=O)(=O)c3ccc(NC(C)=O)cc3)(C(F)(F)F)C2=O)cc1OC. The van der Waals surface area contributed by atoms with Crippen molar-refractivity contribution in [1.82, 2.24) is 14.9 Å². The summed E-state index contributed by atoms with van der Waals surface area (Å²) >= 11 is 0. The lowest BCUT2D eigenvalue weighted by Crippen LogP contribution is -2.69. The minimum atomic E-state index is -5.53. The number of hydrogen-bond donors (Lipinski definition) is 3. The molecule has 1 atom stereocenters. The lowest BCUT2D eigenvalue weighted by atomic mass is 10.1. The fourth-order valence-electron chi connectivity index (χ4n) is 3.56. The van der Waals surface area contributed by atoms with Gasteiger partial charge in [-0.15, -0.1) is 0 Å². The van der Waals surface area contributed by atoms with Gasteiger partial charge in [0.25, 0.3) is 11.6 Å². The van der Waals surface area contributed by atoms with E-state index in [0.717, 1.165) is 24.3 Å². The lowest BCUT2D eigenvalue weighted by molar-refractivity contribution is -0.198. The molecule has 1 aliphatic heterocycles. The first-order valence-electron chi connectivity index (χ1n) is 10.6. The molecule has 11 nitrogen and oxygen atoms in total. The van der Waals surface area contributed by atoms with Crippen LogP contribution in [0, 0.1) is 0 Å². The standard InChI is InChI=1S/C22H23F3N4O7S/c1-13(30)26-15-5-7-16(8-6-15)37(33,34)28-21(22(23,24)25)19(31)29(20(32)27-21)11-10-14-4-9-17(35-2)18(12-14)36-3/h4-9,12,28H,10-11H2,1-3H3,(H,26,30)(H,27,32)/t21-/m0/s1. The van der Waals surface area contributed by atoms with Gasteiger partial charge in [-0.25, -0.2) is 13.2 Å². The average molecular weight is 545 g/mol. The fourth-order valence-corrected chi connectivity index (χ4v) is 4.83. The van der Waals surface area contributed by atoms with Gasteiger partial charge in [-0.2, -0.15) is 17.9 Å². The number of rotatable bonds is 9. The number of methoxy groups -OCH3 is 2. The molecule has 0 bridgehead atoms. The molecule has 200 valence electrons. The van der Waals surface area contributed by atoms with E-state index in [-0.39, 0.29) is 17.0 Å². The van der Waals surface area contributed by atoms with Crippen molar-refractivity contribution in [3.63, 3.8) is 0 Å². The van der Waals surface area contributed by atoms with Crippen molar-refractivity contribution in [3.05, 3.63) is 48.0 Å². The summed E-state index contributed by atoms with van der Waals surface area (Å²) in [6.45, 7) is 0.732. The first kappa shape index (κ1) is 27.7. The van der Waals surface area contributed by atoms with Crippen LogP contribution in [0.4, 0.5) is 23.7 Å². The number of amides is 4. The Morgan fingerprint density at radius 2 is 1.68 bits per heavy atom. The summed E-state index contributed by atoms with van der Waals surface area (Å²) in [4.78, 5) is 36.1. The molecule has 0 aromatic heterocycles. The van der Waals surface area contributed by atoms with Crippen molar-refractivity contribution in [2.75, 3.05) is 26.1 Å². The number of alkyl halides is 3. The predicted molar refractivity (Wildman–Crippen MR) is 123 cm³/mol. The van der Waals surface area contributed by atoms with Gasteiger partial charge in [-0.1, -0.05) is 6.07 Å². The van der Waals surface area contributed by atoms with Crippen LogP contribution in [0.5, 0.6) is 11.5 Å². The van der Waals surface area contributed by atoms with E-state index < -0.39 is 51.1 Å². The van der Waals surface area contributed by atoms with Crippen LogP contribution in [0.1, 0.15) is 12.5 Å². The third-order valence-electron chi connectivity index (χ3n) is 5.38. The van der Waals surface area contributed by atoms with Crippen molar-refractivity contribution in [2.24, 2.45) is 0 Å². The molecule has 3 N–H and O–H groups in total. The average Bonchev–Trinajstić information content (AvgIpc) is 3.06. The summed E-state index contributed by atoms with van der Waals surface area (Å²) < 4.78 is 79.6. The molecule has 15 heteroatoms. The zero-order chi connectivity index (χ0) is 27.6. The molecule has 0 aliphatic carbocycles. The summed E-state index contributed by atoms with van der Waals surface area (Å²) in [7, 11) is -2.17. The Balaban J connectivity index is 1.86. The summed E-state index contributed by atoms with van der Waals surface area (Å²) in [5.41, 5.74) is -3.21. The molecule has 4 amide bonds. The Morgan fingerprint density at radius 1 is 1.05 bits per heavy atom. The lowest BCUT2D eigenvalue weighted by Gasteiger charge is -2.29. The van der Waals surface area contributed by atoms with Crippen molar-refractivity contribution in [2.45, 2.75) is 30.1 Å². The molecule has 0 radical (unpaired) electrons. The van der Waals surface area contributed by atoms with Crippen LogP contribution in [0.25, 0.3) is 0 Å². The molecule has 2 aromatic rings. The number of carbonyl (C=O) groups excluding carboxylic acids is 3. The molecule has 1 saturated heterocycles. The Labute approximate surface area is 210 Å². The van der Waals surface area contributed by atoms with Crippen LogP contribution in [-0.2, 0) is 26.0 Å². The van der Waals surface area contributed by atoms with E-state index in [2.05, 4.69) is 5.32 Å². The number of ether oxygens (including phenoxy) is 2. The highest BCUT2D eigenvalue weighted by Gasteiger charge is 2.69. The summed E-state index contributed by atoms with van der Waals surface area (Å²) in [5, 5.41) is 3.85. The van der Waals surface area contributed by atoms with Gasteiger partial charge < -0.3 is 20.1 Å². The second kappa shape index (κ2) is 10.3. The van der Waals surface area contributed by atoms with Gasteiger partial charge >= 0.3 is 12.2 Å². The maximum absolute atomic E-state index is 14.1. The molecule has 1 heterocycles. The van der Waals surface area contributed by atoms with E-state index >= 15 is 0 Å². The molecule has 37 heavy (non-hydrogen) atoms. The number of nitrogens with zero attached hydrogens (tertiary/aromatic N) is 1. The molecule has 3 rings (SSSR count). The fraction of sp³-hybridized carbons (Fsp3) is 0.318. The van der Waals surface area contributed by atoms with E-state index in [4.69, 9.17) is 9.47 Å². The second-order valence-corrected chi connectivity index (χ2v) is 9.57. The number of benzene rings is 2. The van der Waals surface area contributed by atoms with Crippen molar-refractivity contribution in [3.8, 4) is 11.5 Å². The number of imide groups is 1. The largest absolute Gasteiger partial charge is 0.493 e. The minimum absolute atomic E-state index is 0.0508. The second-order valence-electron chi connectivity index (χ2n) is 7.89. The number of urea groups is 1. The van der Waals surface area contributed by atoms with E-state index in [1.54, 1.807) is 12.1 Å². The normalized spacial score (nSPS) is 17.9. The molecule has 0 unspecified atom stereocenters.